The second-order valence-corrected chi connectivity index (χ2v) is 2.76. The van der Waals surface area contributed by atoms with Crippen LogP contribution in [0.1, 0.15) is 4.88 Å². The predicted octanol–water partition coefficient (Wildman–Crippen LogP) is 1.89. The van der Waals surface area contributed by atoms with Crippen LogP contribution in [0.5, 0.6) is 0 Å². The third kappa shape index (κ3) is 1.02. The van der Waals surface area contributed by atoms with Crippen LogP contribution in [0.4, 0.5) is 0 Å². The van der Waals surface area contributed by atoms with Gasteiger partial charge in [0.15, 0.2) is 0 Å². The molecule has 0 aliphatic rings. The molecule has 1 N–H and O–H groups in total. The molecule has 0 fully saturated rings. The first kappa shape index (κ1) is 6.08. The Labute approximate surface area is 56.5 Å². The Balaban J connectivity index is 2.92. The van der Waals surface area contributed by atoms with Crippen molar-refractivity contribution in [3.63, 3.8) is 0 Å². The van der Waals surface area contributed by atoms with Gasteiger partial charge in [0.1, 0.15) is 0 Å². The van der Waals surface area contributed by atoms with Crippen LogP contribution >= 0.6 is 22.9 Å². The molecule has 0 amide bonds. The van der Waals surface area contributed by atoms with E-state index < -0.39 is 0 Å². The lowest BCUT2D eigenvalue weighted by atomic mass is 10.5. The Hall–Kier alpha value is -0.0500. The second kappa shape index (κ2) is 2.49. The molecule has 0 saturated carbocycles. The van der Waals surface area contributed by atoms with Gasteiger partial charge in [0.25, 0.3) is 0 Å². The van der Waals surface area contributed by atoms with Crippen LogP contribution in [0, 0.1) is 0 Å². The molecule has 3 heteroatoms. The first-order valence-corrected chi connectivity index (χ1v) is 3.43. The minimum absolute atomic E-state index is 0.0521. The summed E-state index contributed by atoms with van der Waals surface area (Å²) in [5, 5.41) is 11.1. The van der Waals surface area contributed by atoms with Crippen LogP contribution in [0.25, 0.3) is 0 Å². The Bertz CT molecular complexity index is 173. The largest absolute Gasteiger partial charge is 0.391 e. The van der Waals surface area contributed by atoms with E-state index in [9.17, 15) is 0 Å². The van der Waals surface area contributed by atoms with E-state index in [4.69, 9.17) is 16.7 Å². The highest BCUT2D eigenvalue weighted by molar-refractivity contribution is 7.10. The van der Waals surface area contributed by atoms with Crippen molar-refractivity contribution in [2.75, 3.05) is 0 Å². The lowest BCUT2D eigenvalue weighted by molar-refractivity contribution is 0.285. The van der Waals surface area contributed by atoms with Gasteiger partial charge in [-0.2, -0.15) is 0 Å². The first-order chi connectivity index (χ1) is 3.84. The van der Waals surface area contributed by atoms with Crippen molar-refractivity contribution >= 4 is 22.9 Å². The van der Waals surface area contributed by atoms with Gasteiger partial charge in [0.05, 0.1) is 11.6 Å². The summed E-state index contributed by atoms with van der Waals surface area (Å²) in [6.07, 6.45) is 0. The molecule has 0 spiro atoms. The number of rotatable bonds is 1. The third-order valence-electron chi connectivity index (χ3n) is 0.835. The third-order valence-corrected chi connectivity index (χ3v) is 2.21. The van der Waals surface area contributed by atoms with E-state index in [2.05, 4.69) is 0 Å². The normalized spacial score (nSPS) is 9.75. The second-order valence-electron chi connectivity index (χ2n) is 1.35. The molecular formula is C5H5ClOS. The van der Waals surface area contributed by atoms with Gasteiger partial charge in [0.2, 0.25) is 0 Å². The van der Waals surface area contributed by atoms with Crippen LogP contribution in [0.2, 0.25) is 5.02 Å². The molecule has 0 aliphatic heterocycles. The lowest BCUT2D eigenvalue weighted by Gasteiger charge is -1.85. The molecule has 0 radical (unpaired) electrons. The van der Waals surface area contributed by atoms with Crippen molar-refractivity contribution in [1.29, 1.82) is 0 Å². The highest BCUT2D eigenvalue weighted by Crippen LogP contribution is 2.20. The first-order valence-electron chi connectivity index (χ1n) is 2.17. The molecule has 0 atom stereocenters. The highest BCUT2D eigenvalue weighted by Gasteiger charge is 1.96. The maximum atomic E-state index is 8.53. The molecule has 1 heterocycles. The number of halogens is 1. The van der Waals surface area contributed by atoms with Crippen LogP contribution in [0.3, 0.4) is 0 Å². The monoisotopic (exact) mass is 148 g/mol. The smallest absolute Gasteiger partial charge is 0.0789 e. The molecule has 1 nitrogen and oxygen atoms in total. The van der Waals surface area contributed by atoms with E-state index in [1.165, 1.54) is 11.3 Å². The molecule has 0 aromatic carbocycles. The fraction of sp³-hybridized carbons (Fsp3) is 0.200. The van der Waals surface area contributed by atoms with Gasteiger partial charge in [-0.3, -0.25) is 0 Å². The predicted molar refractivity (Wildman–Crippen MR) is 35.3 cm³/mol. The molecule has 0 bridgehead atoms. The molecule has 0 saturated heterocycles. The molecule has 1 aromatic heterocycles. The van der Waals surface area contributed by atoms with Crippen molar-refractivity contribution in [1.82, 2.24) is 0 Å². The number of thiophene rings is 1. The highest BCUT2D eigenvalue weighted by atomic mass is 35.5. The molecule has 44 valence electrons. The Morgan fingerprint density at radius 1 is 1.75 bits per heavy atom. The van der Waals surface area contributed by atoms with E-state index >= 15 is 0 Å². The van der Waals surface area contributed by atoms with Gasteiger partial charge >= 0.3 is 0 Å². The van der Waals surface area contributed by atoms with E-state index in [-0.39, 0.29) is 6.61 Å². The molecule has 0 unspecified atom stereocenters. The summed E-state index contributed by atoms with van der Waals surface area (Å²) in [4.78, 5) is 0.840. The summed E-state index contributed by atoms with van der Waals surface area (Å²) >= 11 is 7.06. The van der Waals surface area contributed by atoms with Crippen LogP contribution < -0.4 is 0 Å². The SMILES string of the molecule is OCc1sccc1Cl. The summed E-state index contributed by atoms with van der Waals surface area (Å²) < 4.78 is 0. The van der Waals surface area contributed by atoms with Crippen LogP contribution in [0.15, 0.2) is 11.4 Å². The fourth-order valence-electron chi connectivity index (χ4n) is 0.438. The minimum Gasteiger partial charge on any atom is -0.391 e. The van der Waals surface area contributed by atoms with E-state index in [0.29, 0.717) is 5.02 Å². The zero-order chi connectivity index (χ0) is 5.98. The van der Waals surface area contributed by atoms with Gasteiger partial charge in [-0.25, -0.2) is 0 Å². The molecule has 8 heavy (non-hydrogen) atoms. The Morgan fingerprint density at radius 3 is 2.75 bits per heavy atom. The maximum Gasteiger partial charge on any atom is 0.0789 e. The lowest BCUT2D eigenvalue weighted by Crippen LogP contribution is -1.72. The summed E-state index contributed by atoms with van der Waals surface area (Å²) in [5.74, 6) is 0. The van der Waals surface area contributed by atoms with E-state index in [1.54, 1.807) is 6.07 Å². The van der Waals surface area contributed by atoms with Crippen molar-refractivity contribution in [3.8, 4) is 0 Å². The van der Waals surface area contributed by atoms with Gasteiger partial charge in [-0.1, -0.05) is 11.6 Å². The van der Waals surface area contributed by atoms with Crippen LogP contribution in [-0.2, 0) is 6.61 Å². The summed E-state index contributed by atoms with van der Waals surface area (Å²) in [6, 6.07) is 1.78. The zero-order valence-corrected chi connectivity index (χ0v) is 5.67. The average Bonchev–Trinajstić information content (AvgIpc) is 2.14. The van der Waals surface area contributed by atoms with E-state index in [1.807, 2.05) is 5.38 Å². The topological polar surface area (TPSA) is 20.2 Å². The Kier molecular flexibility index (Phi) is 1.89. The fourth-order valence-corrected chi connectivity index (χ4v) is 1.39. The summed E-state index contributed by atoms with van der Waals surface area (Å²) in [7, 11) is 0. The summed E-state index contributed by atoms with van der Waals surface area (Å²) in [5.41, 5.74) is 0. The van der Waals surface area contributed by atoms with Gasteiger partial charge in [0, 0.05) is 4.88 Å². The standard InChI is InChI=1S/C5H5ClOS/c6-4-1-2-8-5(4)3-7/h1-2,7H,3H2. The Morgan fingerprint density at radius 2 is 2.50 bits per heavy atom. The maximum absolute atomic E-state index is 8.53. The molecule has 1 aromatic rings. The number of aliphatic hydroxyl groups is 1. The minimum atomic E-state index is 0.0521. The number of aliphatic hydroxyl groups excluding tert-OH is 1. The molecule has 0 aliphatic carbocycles. The van der Waals surface area contributed by atoms with Crippen molar-refractivity contribution in [2.24, 2.45) is 0 Å². The van der Waals surface area contributed by atoms with Gasteiger partial charge in [-0.05, 0) is 11.4 Å². The molecule has 1 rings (SSSR count). The molecular weight excluding hydrogens is 144 g/mol. The van der Waals surface area contributed by atoms with Crippen molar-refractivity contribution in [2.45, 2.75) is 6.61 Å². The quantitative estimate of drug-likeness (QED) is 0.645. The number of hydrogen-bond donors (Lipinski definition) is 1. The van der Waals surface area contributed by atoms with Gasteiger partial charge in [-0.15, -0.1) is 11.3 Å². The van der Waals surface area contributed by atoms with Crippen molar-refractivity contribution < 1.29 is 5.11 Å². The average molecular weight is 149 g/mol. The summed E-state index contributed by atoms with van der Waals surface area (Å²) in [6.45, 7) is 0.0521. The van der Waals surface area contributed by atoms with Crippen LogP contribution in [-0.4, -0.2) is 5.11 Å². The van der Waals surface area contributed by atoms with E-state index in [0.717, 1.165) is 4.88 Å². The zero-order valence-electron chi connectivity index (χ0n) is 4.10. The van der Waals surface area contributed by atoms with Crippen molar-refractivity contribution in [3.05, 3.63) is 21.3 Å². The number of hydrogen-bond acceptors (Lipinski definition) is 2. The van der Waals surface area contributed by atoms with Gasteiger partial charge < -0.3 is 5.11 Å².